The van der Waals surface area contributed by atoms with Crippen LogP contribution in [-0.4, -0.2) is 40.4 Å². The summed E-state index contributed by atoms with van der Waals surface area (Å²) >= 11 is 0. The second-order valence-electron chi connectivity index (χ2n) is 7.06. The smallest absolute Gasteiger partial charge is 0.317 e. The summed E-state index contributed by atoms with van der Waals surface area (Å²) in [6.07, 6.45) is 0.883. The number of carbonyl (C=O) groups excluding carboxylic acids is 1. The van der Waals surface area contributed by atoms with E-state index in [-0.39, 0.29) is 23.6 Å². The van der Waals surface area contributed by atoms with Gasteiger partial charge in [-0.15, -0.1) is 0 Å². The first-order chi connectivity index (χ1) is 11.9. The van der Waals surface area contributed by atoms with Gasteiger partial charge in [-0.2, -0.15) is 0 Å². The molecule has 0 radical (unpaired) electrons. The number of hydrogen-bond donors (Lipinski definition) is 1. The summed E-state index contributed by atoms with van der Waals surface area (Å²) in [5, 5.41) is 10.3. The van der Waals surface area contributed by atoms with Crippen LogP contribution in [0.15, 0.2) is 35.0 Å². The molecular formula is C18H24N4O3. The zero-order valence-electron chi connectivity index (χ0n) is 15.0. The van der Waals surface area contributed by atoms with Gasteiger partial charge in [0.25, 0.3) is 0 Å². The monoisotopic (exact) mass is 344 g/mol. The average molecular weight is 344 g/mol. The average Bonchev–Trinajstić information content (AvgIpc) is 3.01. The Morgan fingerprint density at radius 2 is 2.08 bits per heavy atom. The molecule has 1 aromatic carbocycles. The molecule has 3 rings (SSSR count). The highest BCUT2D eigenvalue weighted by Crippen LogP contribution is 2.45. The van der Waals surface area contributed by atoms with Gasteiger partial charge in [0, 0.05) is 24.9 Å². The van der Waals surface area contributed by atoms with Crippen molar-refractivity contribution in [3.8, 4) is 5.75 Å². The molecule has 0 aliphatic heterocycles. The number of aromatic nitrogens is 2. The first-order valence-electron chi connectivity index (χ1n) is 8.40. The summed E-state index contributed by atoms with van der Waals surface area (Å²) in [6, 6.07) is 9.75. The van der Waals surface area contributed by atoms with Crippen LogP contribution in [0.25, 0.3) is 0 Å². The second kappa shape index (κ2) is 6.74. The second-order valence-corrected chi connectivity index (χ2v) is 7.06. The minimum Gasteiger partial charge on any atom is -0.490 e. The number of amides is 2. The van der Waals surface area contributed by atoms with Gasteiger partial charge in [-0.3, -0.25) is 0 Å². The number of hydrogen-bond acceptors (Lipinski definition) is 5. The minimum atomic E-state index is -0.140. The number of carbonyl (C=O) groups is 1. The third kappa shape index (κ3) is 3.45. The molecule has 1 N–H and O–H groups in total. The summed E-state index contributed by atoms with van der Waals surface area (Å²) in [5.41, 5.74) is 1.19. The predicted molar refractivity (Wildman–Crippen MR) is 92.1 cm³/mol. The lowest BCUT2D eigenvalue weighted by atomic mass is 9.64. The van der Waals surface area contributed by atoms with E-state index in [1.54, 1.807) is 11.8 Å². The predicted octanol–water partition coefficient (Wildman–Crippen LogP) is 2.77. The Labute approximate surface area is 147 Å². The lowest BCUT2D eigenvalue weighted by Crippen LogP contribution is -2.64. The Kier molecular flexibility index (Phi) is 4.65. The molecule has 2 unspecified atom stereocenters. The Morgan fingerprint density at radius 1 is 1.36 bits per heavy atom. The van der Waals surface area contributed by atoms with Crippen LogP contribution in [-0.2, 0) is 6.54 Å². The number of para-hydroxylation sites is 1. The molecule has 0 bridgehead atoms. The number of urea groups is 1. The zero-order valence-corrected chi connectivity index (χ0v) is 15.0. The fourth-order valence-corrected chi connectivity index (χ4v) is 3.22. The number of benzene rings is 1. The summed E-state index contributed by atoms with van der Waals surface area (Å²) < 4.78 is 10.7. The summed E-state index contributed by atoms with van der Waals surface area (Å²) in [7, 11) is 1.81. The lowest BCUT2D eigenvalue weighted by molar-refractivity contribution is -0.0861. The van der Waals surface area contributed by atoms with Crippen molar-refractivity contribution in [2.45, 2.75) is 45.9 Å². The molecule has 2 amide bonds. The van der Waals surface area contributed by atoms with E-state index in [2.05, 4.69) is 34.1 Å². The molecule has 0 spiro atoms. The van der Waals surface area contributed by atoms with E-state index in [0.29, 0.717) is 17.9 Å². The number of nitrogens with zero attached hydrogens (tertiary/aromatic N) is 3. The van der Waals surface area contributed by atoms with E-state index in [1.807, 2.05) is 37.4 Å². The third-order valence-corrected chi connectivity index (χ3v) is 5.09. The van der Waals surface area contributed by atoms with Gasteiger partial charge < -0.3 is 15.0 Å². The molecule has 1 heterocycles. The Hall–Kier alpha value is -2.57. The van der Waals surface area contributed by atoms with Gasteiger partial charge in [0.15, 0.2) is 0 Å². The molecule has 1 aliphatic rings. The van der Waals surface area contributed by atoms with Crippen molar-refractivity contribution in [3.63, 3.8) is 0 Å². The van der Waals surface area contributed by atoms with E-state index in [9.17, 15) is 4.79 Å². The third-order valence-electron chi connectivity index (χ3n) is 5.09. The Balaban J connectivity index is 1.55. The zero-order chi connectivity index (χ0) is 18.0. The fourth-order valence-electron chi connectivity index (χ4n) is 3.22. The summed E-state index contributed by atoms with van der Waals surface area (Å²) in [4.78, 5) is 14.2. The molecule has 134 valence electrons. The maximum absolute atomic E-state index is 12.4. The van der Waals surface area contributed by atoms with Crippen LogP contribution in [0.1, 0.15) is 31.7 Å². The highest BCUT2D eigenvalue weighted by atomic mass is 16.6. The van der Waals surface area contributed by atoms with Gasteiger partial charge in [-0.25, -0.2) is 9.42 Å². The summed E-state index contributed by atoms with van der Waals surface area (Å²) in [6.45, 7) is 6.35. The summed E-state index contributed by atoms with van der Waals surface area (Å²) in [5.74, 6) is 0.861. The number of rotatable bonds is 5. The van der Waals surface area contributed by atoms with Crippen LogP contribution in [0.5, 0.6) is 5.75 Å². The van der Waals surface area contributed by atoms with Crippen molar-refractivity contribution in [2.75, 3.05) is 7.05 Å². The largest absolute Gasteiger partial charge is 0.490 e. The van der Waals surface area contributed by atoms with Crippen molar-refractivity contribution in [2.24, 2.45) is 5.41 Å². The van der Waals surface area contributed by atoms with Crippen molar-refractivity contribution < 1.29 is 14.2 Å². The highest BCUT2D eigenvalue weighted by Gasteiger charge is 2.52. The van der Waals surface area contributed by atoms with Gasteiger partial charge in [0.2, 0.25) is 0 Å². The molecule has 1 aliphatic carbocycles. The van der Waals surface area contributed by atoms with E-state index in [1.165, 1.54) is 0 Å². The number of aryl methyl sites for hydroxylation is 1. The molecule has 25 heavy (non-hydrogen) atoms. The van der Waals surface area contributed by atoms with Gasteiger partial charge >= 0.3 is 6.03 Å². The van der Waals surface area contributed by atoms with Crippen molar-refractivity contribution in [3.05, 3.63) is 41.7 Å². The van der Waals surface area contributed by atoms with E-state index in [4.69, 9.17) is 4.74 Å². The van der Waals surface area contributed by atoms with E-state index < -0.39 is 0 Å². The highest BCUT2D eigenvalue weighted by molar-refractivity contribution is 5.74. The standard InChI is InChI=1S/C18H24N4O3/c1-12-14(21-25-20-12)11-19-17(23)22(4)15-10-16(18(15,2)3)24-13-8-6-5-7-9-13/h5-9,15-16H,10-11H2,1-4H3,(H,19,23). The molecule has 2 atom stereocenters. The number of nitrogens with one attached hydrogen (secondary N) is 1. The Morgan fingerprint density at radius 3 is 2.68 bits per heavy atom. The van der Waals surface area contributed by atoms with Crippen LogP contribution in [0.3, 0.4) is 0 Å². The van der Waals surface area contributed by atoms with Gasteiger partial charge in [-0.05, 0) is 19.1 Å². The molecule has 7 heteroatoms. The van der Waals surface area contributed by atoms with E-state index >= 15 is 0 Å². The molecule has 1 aromatic heterocycles. The molecule has 1 fully saturated rings. The first kappa shape index (κ1) is 17.3. The lowest BCUT2D eigenvalue weighted by Gasteiger charge is -2.54. The van der Waals surface area contributed by atoms with Crippen molar-refractivity contribution in [1.29, 1.82) is 0 Å². The molecule has 1 saturated carbocycles. The normalized spacial score (nSPS) is 21.3. The number of ether oxygens (including phenoxy) is 1. The molecule has 2 aromatic rings. The van der Waals surface area contributed by atoms with Crippen molar-refractivity contribution >= 4 is 6.03 Å². The SMILES string of the molecule is Cc1nonc1CNC(=O)N(C)C1CC(Oc2ccccc2)C1(C)C. The minimum absolute atomic E-state index is 0.0807. The maximum Gasteiger partial charge on any atom is 0.317 e. The van der Waals surface area contributed by atoms with Gasteiger partial charge in [-0.1, -0.05) is 42.4 Å². The van der Waals surface area contributed by atoms with Gasteiger partial charge in [0.1, 0.15) is 23.2 Å². The Bertz CT molecular complexity index is 729. The van der Waals surface area contributed by atoms with Crippen LogP contribution in [0.2, 0.25) is 0 Å². The van der Waals surface area contributed by atoms with Crippen molar-refractivity contribution in [1.82, 2.24) is 20.5 Å². The van der Waals surface area contributed by atoms with Crippen LogP contribution in [0, 0.1) is 12.3 Å². The quantitative estimate of drug-likeness (QED) is 0.902. The topological polar surface area (TPSA) is 80.5 Å². The van der Waals surface area contributed by atoms with E-state index in [0.717, 1.165) is 12.2 Å². The maximum atomic E-state index is 12.4. The molecule has 7 nitrogen and oxygen atoms in total. The first-order valence-corrected chi connectivity index (χ1v) is 8.40. The molecule has 0 saturated heterocycles. The fraction of sp³-hybridized carbons (Fsp3) is 0.500. The van der Waals surface area contributed by atoms with Crippen LogP contribution >= 0.6 is 0 Å². The van der Waals surface area contributed by atoms with Crippen LogP contribution < -0.4 is 10.1 Å². The van der Waals surface area contributed by atoms with Gasteiger partial charge in [0.05, 0.1) is 6.54 Å². The molecular weight excluding hydrogens is 320 g/mol. The van der Waals surface area contributed by atoms with Crippen LogP contribution in [0.4, 0.5) is 4.79 Å².